The van der Waals surface area contributed by atoms with Crippen LogP contribution in [0.1, 0.15) is 30.0 Å². The number of hydrogen-bond donors (Lipinski definition) is 3. The van der Waals surface area contributed by atoms with Gasteiger partial charge in [0, 0.05) is 35.0 Å². The fraction of sp³-hybridized carbons (Fsp3) is 0.300. The summed E-state index contributed by atoms with van der Waals surface area (Å²) < 4.78 is 2.04. The number of nitrogens with one attached hydrogen (secondary N) is 2. The van der Waals surface area contributed by atoms with Crippen molar-refractivity contribution in [1.29, 1.82) is 0 Å². The highest BCUT2D eigenvalue weighted by molar-refractivity contribution is 14.0. The van der Waals surface area contributed by atoms with E-state index in [2.05, 4.69) is 20.6 Å². The molecule has 29 heavy (non-hydrogen) atoms. The number of halogens is 3. The molecular formula is C20H24Cl2IN5O. The third-order valence-corrected chi connectivity index (χ3v) is 4.66. The number of benzene rings is 1. The van der Waals surface area contributed by atoms with Gasteiger partial charge in [0.05, 0.1) is 18.3 Å². The van der Waals surface area contributed by atoms with Gasteiger partial charge in [0.1, 0.15) is 5.65 Å². The fourth-order valence-electron chi connectivity index (χ4n) is 2.86. The normalized spacial score (nSPS) is 12.5. The summed E-state index contributed by atoms with van der Waals surface area (Å²) in [5, 5.41) is 17.7. The number of fused-ring (bicyclic) bond motifs is 1. The van der Waals surface area contributed by atoms with E-state index < -0.39 is 6.10 Å². The predicted molar refractivity (Wildman–Crippen MR) is 130 cm³/mol. The molecule has 156 valence electrons. The molecule has 1 atom stereocenters. The Morgan fingerprint density at radius 3 is 2.59 bits per heavy atom. The van der Waals surface area contributed by atoms with Crippen molar-refractivity contribution in [3.63, 3.8) is 0 Å². The second kappa shape index (κ2) is 11.0. The van der Waals surface area contributed by atoms with Gasteiger partial charge in [0.25, 0.3) is 0 Å². The summed E-state index contributed by atoms with van der Waals surface area (Å²) in [5.74, 6) is 0.600. The Labute approximate surface area is 197 Å². The lowest BCUT2D eigenvalue weighted by Crippen LogP contribution is -2.39. The highest BCUT2D eigenvalue weighted by Gasteiger charge is 2.11. The number of aliphatic hydroxyl groups excluding tert-OH is 1. The highest BCUT2D eigenvalue weighted by Crippen LogP contribution is 2.23. The average Bonchev–Trinajstić information content (AvgIpc) is 3.07. The van der Waals surface area contributed by atoms with Gasteiger partial charge in [-0.3, -0.25) is 0 Å². The molecule has 6 nitrogen and oxygen atoms in total. The van der Waals surface area contributed by atoms with Crippen LogP contribution >= 0.6 is 47.2 Å². The zero-order chi connectivity index (χ0) is 20.1. The number of guanidine groups is 1. The van der Waals surface area contributed by atoms with E-state index in [1.54, 1.807) is 18.2 Å². The van der Waals surface area contributed by atoms with Crippen LogP contribution in [0.5, 0.6) is 0 Å². The van der Waals surface area contributed by atoms with Gasteiger partial charge in [-0.15, -0.1) is 24.0 Å². The molecule has 2 aromatic heterocycles. The van der Waals surface area contributed by atoms with Crippen molar-refractivity contribution in [3.8, 4) is 0 Å². The Hall–Kier alpha value is -1.55. The first-order chi connectivity index (χ1) is 13.5. The number of aliphatic hydroxyl groups is 1. The van der Waals surface area contributed by atoms with Crippen LogP contribution in [0.4, 0.5) is 0 Å². The van der Waals surface area contributed by atoms with Crippen LogP contribution in [0.3, 0.4) is 0 Å². The van der Waals surface area contributed by atoms with Gasteiger partial charge in [0.15, 0.2) is 5.96 Å². The summed E-state index contributed by atoms with van der Waals surface area (Å²) >= 11 is 12.0. The molecule has 0 aliphatic heterocycles. The minimum Gasteiger partial charge on any atom is -0.387 e. The molecule has 1 aromatic carbocycles. The third kappa shape index (κ3) is 6.47. The number of pyridine rings is 1. The maximum atomic E-state index is 10.4. The molecule has 0 fully saturated rings. The lowest BCUT2D eigenvalue weighted by molar-refractivity contribution is 0.181. The molecule has 0 aliphatic rings. The Morgan fingerprint density at radius 2 is 1.93 bits per heavy atom. The van der Waals surface area contributed by atoms with Crippen molar-refractivity contribution < 1.29 is 5.11 Å². The van der Waals surface area contributed by atoms with E-state index in [9.17, 15) is 5.11 Å². The lowest BCUT2D eigenvalue weighted by Gasteiger charge is -2.16. The Bertz CT molecular complexity index is 972. The molecule has 0 bridgehead atoms. The molecule has 0 radical (unpaired) electrons. The summed E-state index contributed by atoms with van der Waals surface area (Å²) in [6, 6.07) is 11.0. The summed E-state index contributed by atoms with van der Waals surface area (Å²) in [6.45, 7) is 5.42. The Kier molecular flexibility index (Phi) is 9.01. The van der Waals surface area contributed by atoms with E-state index in [0.29, 0.717) is 34.7 Å². The van der Waals surface area contributed by atoms with Crippen molar-refractivity contribution >= 4 is 58.8 Å². The van der Waals surface area contributed by atoms with E-state index in [1.165, 1.54) is 0 Å². The maximum Gasteiger partial charge on any atom is 0.191 e. The lowest BCUT2D eigenvalue weighted by atomic mass is 10.1. The maximum absolute atomic E-state index is 10.4. The number of aromatic nitrogens is 2. The first-order valence-electron chi connectivity index (χ1n) is 9.06. The molecular weight excluding hydrogens is 524 g/mol. The zero-order valence-corrected chi connectivity index (χ0v) is 20.0. The third-order valence-electron chi connectivity index (χ3n) is 4.22. The number of imidazole rings is 1. The molecule has 1 unspecified atom stereocenters. The van der Waals surface area contributed by atoms with Crippen molar-refractivity contribution in [2.75, 3.05) is 13.1 Å². The van der Waals surface area contributed by atoms with Gasteiger partial charge in [-0.1, -0.05) is 29.3 Å². The van der Waals surface area contributed by atoms with Crippen LogP contribution in [0.15, 0.2) is 47.6 Å². The minimum absolute atomic E-state index is 0. The smallest absolute Gasteiger partial charge is 0.191 e. The van der Waals surface area contributed by atoms with Gasteiger partial charge in [-0.2, -0.15) is 0 Å². The highest BCUT2D eigenvalue weighted by atomic mass is 127. The molecule has 2 heterocycles. The minimum atomic E-state index is -0.766. The van der Waals surface area contributed by atoms with Crippen LogP contribution in [0.25, 0.3) is 5.65 Å². The van der Waals surface area contributed by atoms with E-state index in [-0.39, 0.29) is 30.5 Å². The molecule has 0 saturated heterocycles. The predicted octanol–water partition coefficient (Wildman–Crippen LogP) is 4.36. The summed E-state index contributed by atoms with van der Waals surface area (Å²) in [5.41, 5.74) is 3.54. The first kappa shape index (κ1) is 23.7. The molecule has 3 aromatic rings. The molecule has 9 heteroatoms. The van der Waals surface area contributed by atoms with E-state index in [1.807, 2.05) is 42.6 Å². The van der Waals surface area contributed by atoms with E-state index >= 15 is 0 Å². The second-order valence-corrected chi connectivity index (χ2v) is 7.30. The SMILES string of the molecule is CCNC(=NCc1cn2c(C)cccc2n1)NCC(O)c1cc(Cl)cc(Cl)c1.I. The second-order valence-electron chi connectivity index (χ2n) is 6.42. The monoisotopic (exact) mass is 547 g/mol. The fourth-order valence-corrected chi connectivity index (χ4v) is 3.40. The number of rotatable bonds is 6. The largest absolute Gasteiger partial charge is 0.387 e. The van der Waals surface area contributed by atoms with Gasteiger partial charge >= 0.3 is 0 Å². The van der Waals surface area contributed by atoms with E-state index in [4.69, 9.17) is 23.2 Å². The van der Waals surface area contributed by atoms with Crippen molar-refractivity contribution in [2.24, 2.45) is 4.99 Å². The van der Waals surface area contributed by atoms with Crippen LogP contribution in [0, 0.1) is 6.92 Å². The zero-order valence-electron chi connectivity index (χ0n) is 16.2. The van der Waals surface area contributed by atoms with Gasteiger partial charge < -0.3 is 20.1 Å². The summed E-state index contributed by atoms with van der Waals surface area (Å²) in [4.78, 5) is 9.15. The standard InChI is InChI=1S/C20H23Cl2N5O.HI/c1-3-23-20(25-11-18(28)14-7-15(21)9-16(22)8-14)24-10-17-12-27-13(2)5-4-6-19(27)26-17;/h4-9,12,18,28H,3,10-11H2,1-2H3,(H2,23,24,25);1H. The quantitative estimate of drug-likeness (QED) is 0.243. The van der Waals surface area contributed by atoms with Gasteiger partial charge in [-0.25, -0.2) is 9.98 Å². The number of hydrogen-bond acceptors (Lipinski definition) is 3. The van der Waals surface area contributed by atoms with Crippen molar-refractivity contribution in [1.82, 2.24) is 20.0 Å². The molecule has 0 amide bonds. The Balaban J connectivity index is 0.00000300. The van der Waals surface area contributed by atoms with E-state index in [0.717, 1.165) is 17.0 Å². The molecule has 0 spiro atoms. The van der Waals surface area contributed by atoms with Gasteiger partial charge in [0.2, 0.25) is 0 Å². The topological polar surface area (TPSA) is 74.0 Å². The number of nitrogens with zero attached hydrogens (tertiary/aromatic N) is 3. The summed E-state index contributed by atoms with van der Waals surface area (Å²) in [6.07, 6.45) is 1.22. The molecule has 0 aliphatic carbocycles. The number of aryl methyl sites for hydroxylation is 1. The number of aliphatic imine (C=N–C) groups is 1. The summed E-state index contributed by atoms with van der Waals surface area (Å²) in [7, 11) is 0. The molecule has 3 rings (SSSR count). The van der Waals surface area contributed by atoms with Crippen LogP contribution in [-0.2, 0) is 6.54 Å². The first-order valence-corrected chi connectivity index (χ1v) is 9.81. The average molecular weight is 548 g/mol. The van der Waals surface area contributed by atoms with Crippen molar-refractivity contribution in [3.05, 3.63) is 69.6 Å². The van der Waals surface area contributed by atoms with Crippen LogP contribution < -0.4 is 10.6 Å². The van der Waals surface area contributed by atoms with Crippen LogP contribution in [-0.4, -0.2) is 33.5 Å². The molecule has 3 N–H and O–H groups in total. The van der Waals surface area contributed by atoms with Gasteiger partial charge in [-0.05, 0) is 49.7 Å². The van der Waals surface area contributed by atoms with Crippen molar-refractivity contribution in [2.45, 2.75) is 26.5 Å². The van der Waals surface area contributed by atoms with Crippen LogP contribution in [0.2, 0.25) is 10.0 Å². The Morgan fingerprint density at radius 1 is 1.21 bits per heavy atom. The molecule has 0 saturated carbocycles.